The SMILES string of the molecule is CC(C)(C)NC(=O)OC(Cn1ccnc1-c1occc(=O)c1OCc1ccccc1)=C(c1ccccc1)c1ccccc1. The number of alkyl carbamates (subject to hydrolysis) is 1. The van der Waals surface area contributed by atoms with Crippen LogP contribution < -0.4 is 15.5 Å². The minimum absolute atomic E-state index is 0.0436. The number of hydrogen-bond donors (Lipinski definition) is 1. The van der Waals surface area contributed by atoms with Crippen LogP contribution in [0.2, 0.25) is 0 Å². The minimum Gasteiger partial charge on any atom is -0.481 e. The lowest BCUT2D eigenvalue weighted by Gasteiger charge is -2.23. The molecule has 0 unspecified atom stereocenters. The molecule has 5 aromatic rings. The van der Waals surface area contributed by atoms with Crippen molar-refractivity contribution in [1.82, 2.24) is 14.9 Å². The van der Waals surface area contributed by atoms with Crippen LogP contribution in [-0.2, 0) is 17.9 Å². The van der Waals surface area contributed by atoms with Crippen LogP contribution in [0.25, 0.3) is 17.2 Å². The number of rotatable bonds is 9. The van der Waals surface area contributed by atoms with E-state index in [2.05, 4.69) is 10.3 Å². The molecule has 0 aliphatic carbocycles. The van der Waals surface area contributed by atoms with Gasteiger partial charge in [0.2, 0.25) is 16.9 Å². The van der Waals surface area contributed by atoms with Gasteiger partial charge < -0.3 is 23.8 Å². The minimum atomic E-state index is -0.591. The van der Waals surface area contributed by atoms with Crippen LogP contribution in [0.3, 0.4) is 0 Å². The van der Waals surface area contributed by atoms with Gasteiger partial charge in [0.05, 0.1) is 12.8 Å². The summed E-state index contributed by atoms with van der Waals surface area (Å²) in [5.41, 5.74) is 2.52. The summed E-state index contributed by atoms with van der Waals surface area (Å²) in [6, 6.07) is 30.3. The van der Waals surface area contributed by atoms with Crippen LogP contribution in [0.4, 0.5) is 4.79 Å². The molecule has 1 N–H and O–H groups in total. The van der Waals surface area contributed by atoms with Crippen molar-refractivity contribution in [3.05, 3.63) is 148 Å². The van der Waals surface area contributed by atoms with Crippen molar-refractivity contribution in [1.29, 1.82) is 0 Å². The van der Waals surface area contributed by atoms with E-state index >= 15 is 0 Å². The number of nitrogens with one attached hydrogen (secondary N) is 1. The van der Waals surface area contributed by atoms with Gasteiger partial charge in [-0.3, -0.25) is 4.79 Å². The maximum absolute atomic E-state index is 13.2. The second kappa shape index (κ2) is 13.1. The molecule has 218 valence electrons. The fourth-order valence-corrected chi connectivity index (χ4v) is 4.53. The molecule has 0 radical (unpaired) electrons. The largest absolute Gasteiger partial charge is 0.481 e. The standard InChI is InChI=1S/C35H33N3O5/c1-35(2,3)37-34(40)43-29(30(26-15-9-5-10-16-26)27-17-11-6-12-18-27)23-38-21-20-36-33(38)32-31(28(39)19-22-41-32)42-24-25-13-7-4-8-14-25/h4-22H,23-24H2,1-3H3,(H,37,40). The Morgan fingerprint density at radius 1 is 0.884 bits per heavy atom. The predicted molar refractivity (Wildman–Crippen MR) is 165 cm³/mol. The molecule has 5 rings (SSSR count). The molecule has 0 atom stereocenters. The first kappa shape index (κ1) is 29.1. The number of imidazole rings is 1. The van der Waals surface area contributed by atoms with Crippen molar-refractivity contribution < 1.29 is 18.7 Å². The highest BCUT2D eigenvalue weighted by Gasteiger charge is 2.24. The molecule has 0 saturated heterocycles. The van der Waals surface area contributed by atoms with Gasteiger partial charge in [-0.2, -0.15) is 0 Å². The van der Waals surface area contributed by atoms with Crippen molar-refractivity contribution >= 4 is 11.7 Å². The van der Waals surface area contributed by atoms with Crippen LogP contribution in [0.1, 0.15) is 37.5 Å². The molecule has 2 heterocycles. The average Bonchev–Trinajstić information content (AvgIpc) is 3.45. The van der Waals surface area contributed by atoms with Crippen LogP contribution in [0.15, 0.2) is 131 Å². The summed E-state index contributed by atoms with van der Waals surface area (Å²) in [7, 11) is 0. The Morgan fingerprint density at radius 3 is 2.09 bits per heavy atom. The van der Waals surface area contributed by atoms with E-state index in [1.165, 1.54) is 12.3 Å². The Labute approximate surface area is 250 Å². The Balaban J connectivity index is 1.59. The fraction of sp³-hybridized carbons (Fsp3) is 0.171. The Kier molecular flexibility index (Phi) is 8.86. The zero-order chi connectivity index (χ0) is 30.2. The molecule has 2 aromatic heterocycles. The number of ether oxygens (including phenoxy) is 2. The van der Waals surface area contributed by atoms with Gasteiger partial charge in [0.1, 0.15) is 12.4 Å². The zero-order valence-corrected chi connectivity index (χ0v) is 24.3. The second-order valence-corrected chi connectivity index (χ2v) is 10.9. The van der Waals surface area contributed by atoms with Gasteiger partial charge in [-0.25, -0.2) is 9.78 Å². The smallest absolute Gasteiger partial charge is 0.412 e. The quantitative estimate of drug-likeness (QED) is 0.189. The first-order valence-corrected chi connectivity index (χ1v) is 13.9. The monoisotopic (exact) mass is 575 g/mol. The fourth-order valence-electron chi connectivity index (χ4n) is 4.53. The van der Waals surface area contributed by atoms with Crippen LogP contribution in [-0.4, -0.2) is 21.2 Å². The highest BCUT2D eigenvalue weighted by Crippen LogP contribution is 2.31. The van der Waals surface area contributed by atoms with Crippen molar-refractivity contribution in [3.63, 3.8) is 0 Å². The number of amides is 1. The molecular formula is C35H33N3O5. The van der Waals surface area contributed by atoms with Gasteiger partial charge in [0.15, 0.2) is 5.82 Å². The molecule has 8 nitrogen and oxygen atoms in total. The lowest BCUT2D eigenvalue weighted by atomic mass is 9.96. The van der Waals surface area contributed by atoms with Gasteiger partial charge in [-0.05, 0) is 37.5 Å². The summed E-state index contributed by atoms with van der Waals surface area (Å²) in [5, 5.41) is 2.88. The molecule has 0 fully saturated rings. The van der Waals surface area contributed by atoms with Gasteiger partial charge >= 0.3 is 6.09 Å². The molecule has 0 saturated carbocycles. The lowest BCUT2D eigenvalue weighted by Crippen LogP contribution is -2.41. The zero-order valence-electron chi connectivity index (χ0n) is 24.3. The summed E-state index contributed by atoms with van der Waals surface area (Å²) in [6.07, 6.45) is 4.06. The number of aromatic nitrogens is 2. The van der Waals surface area contributed by atoms with Gasteiger partial charge in [0, 0.05) is 29.6 Å². The van der Waals surface area contributed by atoms with E-state index in [9.17, 15) is 9.59 Å². The van der Waals surface area contributed by atoms with Crippen molar-refractivity contribution in [2.45, 2.75) is 39.5 Å². The number of benzene rings is 3. The van der Waals surface area contributed by atoms with Crippen LogP contribution >= 0.6 is 0 Å². The molecule has 1 amide bonds. The summed E-state index contributed by atoms with van der Waals surface area (Å²) >= 11 is 0. The van der Waals surface area contributed by atoms with Gasteiger partial charge in [-0.15, -0.1) is 0 Å². The van der Waals surface area contributed by atoms with Crippen LogP contribution in [0.5, 0.6) is 5.75 Å². The molecule has 0 spiro atoms. The highest BCUT2D eigenvalue weighted by molar-refractivity contribution is 5.83. The van der Waals surface area contributed by atoms with E-state index in [0.717, 1.165) is 22.3 Å². The third kappa shape index (κ3) is 7.48. The van der Waals surface area contributed by atoms with E-state index in [4.69, 9.17) is 13.9 Å². The molecule has 0 aliphatic heterocycles. The summed E-state index contributed by atoms with van der Waals surface area (Å²) in [5.74, 6) is 0.942. The third-order valence-corrected chi connectivity index (χ3v) is 6.39. The Bertz CT molecular complexity index is 1710. The van der Waals surface area contributed by atoms with Gasteiger partial charge in [0.25, 0.3) is 0 Å². The number of carbonyl (C=O) groups excluding carboxylic acids is 1. The van der Waals surface area contributed by atoms with Crippen molar-refractivity contribution in [3.8, 4) is 17.3 Å². The van der Waals surface area contributed by atoms with E-state index in [-0.39, 0.29) is 30.1 Å². The van der Waals surface area contributed by atoms with E-state index in [0.29, 0.717) is 11.6 Å². The van der Waals surface area contributed by atoms with E-state index < -0.39 is 11.6 Å². The second-order valence-electron chi connectivity index (χ2n) is 10.9. The van der Waals surface area contributed by atoms with E-state index in [1.807, 2.05) is 112 Å². The maximum atomic E-state index is 13.2. The number of carbonyl (C=O) groups is 1. The maximum Gasteiger partial charge on any atom is 0.412 e. The number of nitrogens with zero attached hydrogens (tertiary/aromatic N) is 2. The lowest BCUT2D eigenvalue weighted by molar-refractivity contribution is 0.162. The Morgan fingerprint density at radius 2 is 1.49 bits per heavy atom. The summed E-state index contributed by atoms with van der Waals surface area (Å²) in [6.45, 7) is 5.93. The first-order valence-electron chi connectivity index (χ1n) is 13.9. The molecule has 3 aromatic carbocycles. The highest BCUT2D eigenvalue weighted by atomic mass is 16.6. The molecule has 0 aliphatic rings. The molecular weight excluding hydrogens is 542 g/mol. The normalized spacial score (nSPS) is 11.0. The molecule has 0 bridgehead atoms. The number of hydrogen-bond acceptors (Lipinski definition) is 6. The summed E-state index contributed by atoms with van der Waals surface area (Å²) in [4.78, 5) is 30.6. The van der Waals surface area contributed by atoms with Crippen molar-refractivity contribution in [2.24, 2.45) is 0 Å². The predicted octanol–water partition coefficient (Wildman–Crippen LogP) is 7.07. The van der Waals surface area contributed by atoms with Crippen molar-refractivity contribution in [2.75, 3.05) is 0 Å². The topological polar surface area (TPSA) is 95.6 Å². The van der Waals surface area contributed by atoms with E-state index in [1.54, 1.807) is 17.0 Å². The number of allylic oxidation sites excluding steroid dienone is 1. The molecule has 43 heavy (non-hydrogen) atoms. The van der Waals surface area contributed by atoms with Gasteiger partial charge in [-0.1, -0.05) is 91.0 Å². The molecule has 8 heteroatoms. The summed E-state index contributed by atoms with van der Waals surface area (Å²) < 4.78 is 19.6. The third-order valence-electron chi connectivity index (χ3n) is 6.39. The first-order chi connectivity index (χ1) is 20.8. The van der Waals surface area contributed by atoms with Crippen LogP contribution in [0, 0.1) is 0 Å². The Hall–Kier alpha value is -5.37. The average molecular weight is 576 g/mol.